The minimum atomic E-state index is -0.504. The summed E-state index contributed by atoms with van der Waals surface area (Å²) in [5.74, 6) is -0.436. The monoisotopic (exact) mass is 210 g/mol. The molecule has 0 heterocycles. The van der Waals surface area contributed by atoms with Crippen molar-refractivity contribution in [3.05, 3.63) is 30.1 Å². The van der Waals surface area contributed by atoms with Gasteiger partial charge in [0.2, 0.25) is 0 Å². The van der Waals surface area contributed by atoms with Gasteiger partial charge in [-0.15, -0.1) is 0 Å². The van der Waals surface area contributed by atoms with E-state index >= 15 is 0 Å². The molecule has 1 rings (SSSR count). The maximum Gasteiger partial charge on any atom is 0.311 e. The van der Waals surface area contributed by atoms with Crippen LogP contribution in [0.5, 0.6) is 5.75 Å². The zero-order valence-electron chi connectivity index (χ0n) is 9.00. The summed E-state index contributed by atoms with van der Waals surface area (Å²) in [5, 5.41) is 0. The van der Waals surface area contributed by atoms with Gasteiger partial charge in [0.1, 0.15) is 0 Å². The maximum atomic E-state index is 13.1. The molecule has 0 bridgehead atoms. The Morgan fingerprint density at radius 3 is 2.67 bits per heavy atom. The van der Waals surface area contributed by atoms with E-state index in [0.717, 1.165) is 6.42 Å². The van der Waals surface area contributed by atoms with E-state index in [1.165, 1.54) is 12.1 Å². The molecule has 0 amide bonds. The molecule has 1 aromatic carbocycles. The Kier molecular flexibility index (Phi) is 4.28. The molecule has 0 aromatic heterocycles. The average molecular weight is 210 g/mol. The van der Waals surface area contributed by atoms with Crippen LogP contribution in [0.15, 0.2) is 24.3 Å². The fraction of sp³-hybridized carbons (Fsp3) is 0.417. The van der Waals surface area contributed by atoms with Crippen molar-refractivity contribution in [3.8, 4) is 5.75 Å². The number of benzene rings is 1. The lowest BCUT2D eigenvalue weighted by Gasteiger charge is -2.06. The summed E-state index contributed by atoms with van der Waals surface area (Å²) in [7, 11) is 0. The first-order valence-corrected chi connectivity index (χ1v) is 5.05. The second-order valence-corrected chi connectivity index (χ2v) is 3.84. The first kappa shape index (κ1) is 11.7. The highest BCUT2D eigenvalue weighted by molar-refractivity contribution is 5.72. The number of hydrogen-bond donors (Lipinski definition) is 0. The van der Waals surface area contributed by atoms with Crippen molar-refractivity contribution in [2.45, 2.75) is 26.7 Å². The Labute approximate surface area is 89.1 Å². The summed E-state index contributed by atoms with van der Waals surface area (Å²) < 4.78 is 18.0. The van der Waals surface area contributed by atoms with Crippen LogP contribution in [0.3, 0.4) is 0 Å². The van der Waals surface area contributed by atoms with Gasteiger partial charge in [0.05, 0.1) is 0 Å². The molecule has 15 heavy (non-hydrogen) atoms. The molecule has 0 aliphatic carbocycles. The molecule has 0 saturated carbocycles. The van der Waals surface area contributed by atoms with Crippen molar-refractivity contribution in [1.29, 1.82) is 0 Å². The predicted octanol–water partition coefficient (Wildman–Crippen LogP) is 3.17. The molecule has 1 aromatic rings. The van der Waals surface area contributed by atoms with Gasteiger partial charge in [-0.25, -0.2) is 4.39 Å². The Hall–Kier alpha value is -1.38. The number of hydrogen-bond acceptors (Lipinski definition) is 2. The lowest BCUT2D eigenvalue weighted by molar-refractivity contribution is -0.134. The van der Waals surface area contributed by atoms with Crippen LogP contribution in [-0.2, 0) is 4.79 Å². The zero-order valence-corrected chi connectivity index (χ0v) is 9.00. The second kappa shape index (κ2) is 5.49. The minimum absolute atomic E-state index is 0.00579. The van der Waals surface area contributed by atoms with E-state index in [2.05, 4.69) is 0 Å². The van der Waals surface area contributed by atoms with E-state index in [1.807, 2.05) is 13.8 Å². The standard InChI is InChI=1S/C12H15FO2/c1-9(2)7-8-12(14)15-11-6-4-3-5-10(11)13/h3-6,9H,7-8H2,1-2H3. The van der Waals surface area contributed by atoms with E-state index in [1.54, 1.807) is 12.1 Å². The molecular weight excluding hydrogens is 195 g/mol. The summed E-state index contributed by atoms with van der Waals surface area (Å²) in [6.45, 7) is 4.05. The first-order chi connectivity index (χ1) is 7.09. The third kappa shape index (κ3) is 4.11. The second-order valence-electron chi connectivity index (χ2n) is 3.84. The van der Waals surface area contributed by atoms with Crippen LogP contribution in [-0.4, -0.2) is 5.97 Å². The van der Waals surface area contributed by atoms with Gasteiger partial charge in [-0.05, 0) is 24.5 Å². The lowest BCUT2D eigenvalue weighted by Crippen LogP contribution is -2.09. The van der Waals surface area contributed by atoms with Gasteiger partial charge in [-0.1, -0.05) is 26.0 Å². The van der Waals surface area contributed by atoms with Crippen molar-refractivity contribution in [2.24, 2.45) is 5.92 Å². The van der Waals surface area contributed by atoms with Crippen LogP contribution in [0.4, 0.5) is 4.39 Å². The van der Waals surface area contributed by atoms with E-state index in [-0.39, 0.29) is 11.7 Å². The molecule has 0 N–H and O–H groups in total. The maximum absolute atomic E-state index is 13.1. The fourth-order valence-electron chi connectivity index (χ4n) is 1.11. The molecular formula is C12H15FO2. The largest absolute Gasteiger partial charge is 0.423 e. The zero-order chi connectivity index (χ0) is 11.3. The highest BCUT2D eigenvalue weighted by Gasteiger charge is 2.09. The van der Waals surface area contributed by atoms with E-state index < -0.39 is 5.82 Å². The summed E-state index contributed by atoms with van der Waals surface area (Å²) >= 11 is 0. The Morgan fingerprint density at radius 2 is 2.07 bits per heavy atom. The molecule has 2 nitrogen and oxygen atoms in total. The first-order valence-electron chi connectivity index (χ1n) is 5.05. The highest BCUT2D eigenvalue weighted by atomic mass is 19.1. The lowest BCUT2D eigenvalue weighted by atomic mass is 10.1. The summed E-state index contributed by atoms with van der Waals surface area (Å²) in [6.07, 6.45) is 1.08. The van der Waals surface area contributed by atoms with Crippen molar-refractivity contribution in [3.63, 3.8) is 0 Å². The van der Waals surface area contributed by atoms with Gasteiger partial charge in [0.15, 0.2) is 11.6 Å². The van der Waals surface area contributed by atoms with Gasteiger partial charge < -0.3 is 4.74 Å². The molecule has 82 valence electrons. The Bertz CT molecular complexity index is 334. The number of halogens is 1. The van der Waals surface area contributed by atoms with Crippen LogP contribution in [0.1, 0.15) is 26.7 Å². The summed E-state index contributed by atoms with van der Waals surface area (Å²) in [4.78, 5) is 11.3. The smallest absolute Gasteiger partial charge is 0.311 e. The van der Waals surface area contributed by atoms with Crippen LogP contribution in [0.25, 0.3) is 0 Å². The molecule has 0 spiro atoms. The number of para-hydroxylation sites is 1. The molecule has 0 atom stereocenters. The third-order valence-electron chi connectivity index (χ3n) is 1.99. The van der Waals surface area contributed by atoms with Crippen LogP contribution >= 0.6 is 0 Å². The molecule has 0 aliphatic rings. The van der Waals surface area contributed by atoms with Gasteiger partial charge >= 0.3 is 5.97 Å². The number of rotatable bonds is 4. The van der Waals surface area contributed by atoms with Gasteiger partial charge in [0, 0.05) is 6.42 Å². The minimum Gasteiger partial charge on any atom is -0.423 e. The van der Waals surface area contributed by atoms with E-state index in [4.69, 9.17) is 4.74 Å². The SMILES string of the molecule is CC(C)CCC(=O)Oc1ccccc1F. The van der Waals surface area contributed by atoms with Crippen molar-refractivity contribution in [2.75, 3.05) is 0 Å². The van der Waals surface area contributed by atoms with Crippen molar-refractivity contribution in [1.82, 2.24) is 0 Å². The molecule has 3 heteroatoms. The summed E-state index contributed by atoms with van der Waals surface area (Å²) in [5.41, 5.74) is 0. The topological polar surface area (TPSA) is 26.3 Å². The molecule has 0 aliphatic heterocycles. The molecule has 0 saturated heterocycles. The van der Waals surface area contributed by atoms with Gasteiger partial charge in [0.25, 0.3) is 0 Å². The van der Waals surface area contributed by atoms with Crippen molar-refractivity contribution >= 4 is 5.97 Å². The van der Waals surface area contributed by atoms with Crippen LogP contribution < -0.4 is 4.74 Å². The normalized spacial score (nSPS) is 10.4. The Morgan fingerprint density at radius 1 is 1.40 bits per heavy atom. The molecule has 0 unspecified atom stereocenters. The number of ether oxygens (including phenoxy) is 1. The predicted molar refractivity (Wildman–Crippen MR) is 56.1 cm³/mol. The quantitative estimate of drug-likeness (QED) is 0.563. The summed E-state index contributed by atoms with van der Waals surface area (Å²) in [6, 6.07) is 5.91. The highest BCUT2D eigenvalue weighted by Crippen LogP contribution is 2.16. The van der Waals surface area contributed by atoms with E-state index in [0.29, 0.717) is 12.3 Å². The van der Waals surface area contributed by atoms with Crippen molar-refractivity contribution < 1.29 is 13.9 Å². The average Bonchev–Trinajstić information content (AvgIpc) is 2.18. The van der Waals surface area contributed by atoms with Gasteiger partial charge in [-0.3, -0.25) is 4.79 Å². The van der Waals surface area contributed by atoms with Crippen LogP contribution in [0.2, 0.25) is 0 Å². The Balaban J connectivity index is 2.48. The number of carbonyl (C=O) groups is 1. The number of esters is 1. The van der Waals surface area contributed by atoms with Crippen LogP contribution in [0, 0.1) is 11.7 Å². The molecule has 0 radical (unpaired) electrons. The van der Waals surface area contributed by atoms with E-state index in [9.17, 15) is 9.18 Å². The fourth-order valence-corrected chi connectivity index (χ4v) is 1.11. The molecule has 0 fully saturated rings. The van der Waals surface area contributed by atoms with Gasteiger partial charge in [-0.2, -0.15) is 0 Å². The number of carbonyl (C=O) groups excluding carboxylic acids is 1. The third-order valence-corrected chi connectivity index (χ3v) is 1.99.